The third-order valence-corrected chi connectivity index (χ3v) is 4.39. The second kappa shape index (κ2) is 5.73. The molecule has 0 unspecified atom stereocenters. The molecule has 1 aliphatic rings. The molecule has 2 N–H and O–H groups in total. The molecule has 104 valence electrons. The zero-order valence-electron chi connectivity index (χ0n) is 11.4. The lowest BCUT2D eigenvalue weighted by molar-refractivity contribution is -0.115. The van der Waals surface area contributed by atoms with Crippen LogP contribution in [-0.2, 0) is 24.2 Å². The molecule has 0 saturated heterocycles. The van der Waals surface area contributed by atoms with Gasteiger partial charge in [0.05, 0.1) is 12.1 Å². The predicted molar refractivity (Wildman–Crippen MR) is 81.0 cm³/mol. The number of amides is 1. The Labute approximate surface area is 122 Å². The van der Waals surface area contributed by atoms with E-state index >= 15 is 0 Å². The summed E-state index contributed by atoms with van der Waals surface area (Å²) in [6.07, 6.45) is 1.32. The van der Waals surface area contributed by atoms with E-state index < -0.39 is 0 Å². The average molecular weight is 287 g/mol. The van der Waals surface area contributed by atoms with Crippen molar-refractivity contribution in [3.63, 3.8) is 0 Å². The molecular formula is C15H17N3OS. The minimum atomic E-state index is -0.00657. The molecule has 0 radical (unpaired) electrons. The molecule has 0 aliphatic carbocycles. The Bertz CT molecular complexity index is 595. The SMILES string of the molecule is Cc1ccc(NC(=O)Cc2nc3c(s2)CNCC3)cc1. The smallest absolute Gasteiger partial charge is 0.231 e. The van der Waals surface area contributed by atoms with E-state index in [9.17, 15) is 4.79 Å². The first-order valence-electron chi connectivity index (χ1n) is 6.75. The first-order chi connectivity index (χ1) is 9.70. The summed E-state index contributed by atoms with van der Waals surface area (Å²) < 4.78 is 0. The summed E-state index contributed by atoms with van der Waals surface area (Å²) in [6.45, 7) is 3.89. The first-order valence-corrected chi connectivity index (χ1v) is 7.57. The summed E-state index contributed by atoms with van der Waals surface area (Å²) in [5.41, 5.74) is 3.18. The molecule has 0 bridgehead atoms. The molecule has 1 aromatic heterocycles. The van der Waals surface area contributed by atoms with Crippen molar-refractivity contribution >= 4 is 22.9 Å². The molecule has 2 heterocycles. The van der Waals surface area contributed by atoms with Gasteiger partial charge >= 0.3 is 0 Å². The second-order valence-corrected chi connectivity index (χ2v) is 6.16. The number of aromatic nitrogens is 1. The van der Waals surface area contributed by atoms with Gasteiger partial charge in [-0.15, -0.1) is 11.3 Å². The van der Waals surface area contributed by atoms with Gasteiger partial charge in [0, 0.05) is 30.1 Å². The molecule has 2 aromatic rings. The Morgan fingerprint density at radius 2 is 2.20 bits per heavy atom. The minimum absolute atomic E-state index is 0.00657. The Balaban J connectivity index is 1.63. The van der Waals surface area contributed by atoms with Gasteiger partial charge in [-0.1, -0.05) is 17.7 Å². The summed E-state index contributed by atoms with van der Waals surface area (Å²) >= 11 is 1.64. The minimum Gasteiger partial charge on any atom is -0.326 e. The number of hydrogen-bond donors (Lipinski definition) is 2. The largest absolute Gasteiger partial charge is 0.326 e. The van der Waals surface area contributed by atoms with E-state index in [0.717, 1.165) is 35.9 Å². The third-order valence-electron chi connectivity index (χ3n) is 3.29. The number of nitrogens with zero attached hydrogens (tertiary/aromatic N) is 1. The number of nitrogens with one attached hydrogen (secondary N) is 2. The predicted octanol–water partition coefficient (Wildman–Crippen LogP) is 2.28. The fourth-order valence-corrected chi connectivity index (χ4v) is 3.32. The summed E-state index contributed by atoms with van der Waals surface area (Å²) in [4.78, 5) is 17.9. The molecule has 20 heavy (non-hydrogen) atoms. The van der Waals surface area contributed by atoms with Crippen LogP contribution in [0, 0.1) is 6.92 Å². The summed E-state index contributed by atoms with van der Waals surface area (Å²) in [7, 11) is 0. The average Bonchev–Trinajstić information content (AvgIpc) is 2.83. The molecule has 0 spiro atoms. The van der Waals surface area contributed by atoms with Crippen molar-refractivity contribution in [2.24, 2.45) is 0 Å². The van der Waals surface area contributed by atoms with E-state index in [1.54, 1.807) is 11.3 Å². The number of anilines is 1. The van der Waals surface area contributed by atoms with Crippen molar-refractivity contribution in [2.75, 3.05) is 11.9 Å². The van der Waals surface area contributed by atoms with Crippen molar-refractivity contribution in [3.8, 4) is 0 Å². The van der Waals surface area contributed by atoms with Gasteiger partial charge in [-0.2, -0.15) is 0 Å². The molecule has 5 heteroatoms. The number of thiazole rings is 1. The van der Waals surface area contributed by atoms with E-state index in [1.165, 1.54) is 10.4 Å². The highest BCUT2D eigenvalue weighted by Gasteiger charge is 2.16. The number of fused-ring (bicyclic) bond motifs is 1. The van der Waals surface area contributed by atoms with Gasteiger partial charge in [0.2, 0.25) is 5.91 Å². The Morgan fingerprint density at radius 1 is 1.40 bits per heavy atom. The second-order valence-electron chi connectivity index (χ2n) is 5.00. The molecule has 4 nitrogen and oxygen atoms in total. The lowest BCUT2D eigenvalue weighted by atomic mass is 10.2. The molecule has 1 aromatic carbocycles. The molecule has 1 amide bonds. The number of carbonyl (C=O) groups excluding carboxylic acids is 1. The highest BCUT2D eigenvalue weighted by Crippen LogP contribution is 2.22. The summed E-state index contributed by atoms with van der Waals surface area (Å²) in [6, 6.07) is 7.82. The molecule has 0 fully saturated rings. The van der Waals surface area contributed by atoms with Crippen LogP contribution in [-0.4, -0.2) is 17.4 Å². The number of benzene rings is 1. The van der Waals surface area contributed by atoms with Gasteiger partial charge < -0.3 is 10.6 Å². The Morgan fingerprint density at radius 3 is 2.95 bits per heavy atom. The van der Waals surface area contributed by atoms with Crippen LogP contribution < -0.4 is 10.6 Å². The van der Waals surface area contributed by atoms with Crippen LogP contribution in [0.3, 0.4) is 0 Å². The monoisotopic (exact) mass is 287 g/mol. The van der Waals surface area contributed by atoms with Crippen LogP contribution in [0.2, 0.25) is 0 Å². The van der Waals surface area contributed by atoms with Crippen LogP contribution in [0.25, 0.3) is 0 Å². The van der Waals surface area contributed by atoms with Crippen LogP contribution in [0.5, 0.6) is 0 Å². The third kappa shape index (κ3) is 3.05. The fraction of sp³-hybridized carbons (Fsp3) is 0.333. The maximum Gasteiger partial charge on any atom is 0.231 e. The number of carbonyl (C=O) groups is 1. The quantitative estimate of drug-likeness (QED) is 0.910. The Hall–Kier alpha value is -1.72. The van der Waals surface area contributed by atoms with Crippen LogP contribution >= 0.6 is 11.3 Å². The normalized spacial score (nSPS) is 13.8. The molecule has 1 aliphatic heterocycles. The van der Waals surface area contributed by atoms with Gasteiger partial charge in [-0.25, -0.2) is 4.98 Å². The zero-order valence-corrected chi connectivity index (χ0v) is 12.2. The highest BCUT2D eigenvalue weighted by atomic mass is 32.1. The topological polar surface area (TPSA) is 54.0 Å². The van der Waals surface area contributed by atoms with Crippen LogP contribution in [0.4, 0.5) is 5.69 Å². The first kappa shape index (κ1) is 13.3. The molecule has 0 atom stereocenters. The lowest BCUT2D eigenvalue weighted by Gasteiger charge is -2.09. The van der Waals surface area contributed by atoms with E-state index in [2.05, 4.69) is 15.6 Å². The summed E-state index contributed by atoms with van der Waals surface area (Å²) in [5, 5.41) is 7.14. The van der Waals surface area contributed by atoms with Crippen LogP contribution in [0.15, 0.2) is 24.3 Å². The molecule has 0 saturated carbocycles. The highest BCUT2D eigenvalue weighted by molar-refractivity contribution is 7.11. The maximum atomic E-state index is 12.0. The van der Waals surface area contributed by atoms with E-state index in [-0.39, 0.29) is 5.91 Å². The Kier molecular flexibility index (Phi) is 3.80. The van der Waals surface area contributed by atoms with Crippen molar-refractivity contribution < 1.29 is 4.79 Å². The van der Waals surface area contributed by atoms with Crippen molar-refractivity contribution in [3.05, 3.63) is 45.4 Å². The number of aryl methyl sites for hydroxylation is 1. The van der Waals surface area contributed by atoms with E-state index in [0.29, 0.717) is 6.42 Å². The van der Waals surface area contributed by atoms with Gasteiger partial charge in [0.25, 0.3) is 0 Å². The molecule has 3 rings (SSSR count). The summed E-state index contributed by atoms with van der Waals surface area (Å²) in [5.74, 6) is -0.00657. The van der Waals surface area contributed by atoms with Gasteiger partial charge in [-0.05, 0) is 19.1 Å². The lowest BCUT2D eigenvalue weighted by Crippen LogP contribution is -2.22. The van der Waals surface area contributed by atoms with E-state index in [4.69, 9.17) is 0 Å². The number of rotatable bonds is 3. The van der Waals surface area contributed by atoms with Gasteiger partial charge in [0.15, 0.2) is 0 Å². The van der Waals surface area contributed by atoms with Crippen molar-refractivity contribution in [2.45, 2.75) is 26.3 Å². The zero-order chi connectivity index (χ0) is 13.9. The van der Waals surface area contributed by atoms with Gasteiger partial charge in [-0.3, -0.25) is 4.79 Å². The van der Waals surface area contributed by atoms with Crippen molar-refractivity contribution in [1.29, 1.82) is 0 Å². The fourth-order valence-electron chi connectivity index (χ4n) is 2.23. The molecular weight excluding hydrogens is 270 g/mol. The van der Waals surface area contributed by atoms with Crippen molar-refractivity contribution in [1.82, 2.24) is 10.3 Å². The number of hydrogen-bond acceptors (Lipinski definition) is 4. The standard InChI is InChI=1S/C15H17N3OS/c1-10-2-4-11(5-3-10)17-14(19)8-15-18-12-6-7-16-9-13(12)20-15/h2-5,16H,6-9H2,1H3,(H,17,19). The maximum absolute atomic E-state index is 12.0. The van der Waals surface area contributed by atoms with Gasteiger partial charge in [0.1, 0.15) is 5.01 Å². The van der Waals surface area contributed by atoms with E-state index in [1.807, 2.05) is 31.2 Å². The van der Waals surface area contributed by atoms with Crippen LogP contribution in [0.1, 0.15) is 21.1 Å².